The summed E-state index contributed by atoms with van der Waals surface area (Å²) in [6.07, 6.45) is 7.68. The van der Waals surface area contributed by atoms with Gasteiger partial charge in [-0.1, -0.05) is 26.7 Å². The largest absolute Gasteiger partial charge is 0.338 e. The van der Waals surface area contributed by atoms with Crippen LogP contribution in [0.4, 0.5) is 0 Å². The fourth-order valence-electron chi connectivity index (χ4n) is 3.38. The highest BCUT2D eigenvalue weighted by Crippen LogP contribution is 2.35. The first-order valence-corrected chi connectivity index (χ1v) is 7.17. The van der Waals surface area contributed by atoms with Crippen molar-refractivity contribution in [2.24, 2.45) is 17.6 Å². The van der Waals surface area contributed by atoms with E-state index < -0.39 is 0 Å². The molecule has 2 rings (SSSR count). The molecule has 0 aromatic carbocycles. The number of likely N-dealkylation sites (tertiary alicyclic amines) is 1. The minimum atomic E-state index is -0.308. The predicted octanol–water partition coefficient (Wildman–Crippen LogP) is 2.15. The average Bonchev–Trinajstić information content (AvgIpc) is 2.96. The van der Waals surface area contributed by atoms with Crippen LogP contribution in [0, 0.1) is 11.8 Å². The van der Waals surface area contributed by atoms with Crippen LogP contribution in [0.25, 0.3) is 0 Å². The molecule has 1 saturated heterocycles. The maximum Gasteiger partial charge on any atom is 0.240 e. The fourth-order valence-corrected chi connectivity index (χ4v) is 3.38. The summed E-state index contributed by atoms with van der Waals surface area (Å²) in [4.78, 5) is 14.5. The van der Waals surface area contributed by atoms with Crippen molar-refractivity contribution < 1.29 is 4.79 Å². The Kier molecular flexibility index (Phi) is 4.08. The van der Waals surface area contributed by atoms with E-state index in [-0.39, 0.29) is 17.9 Å². The molecule has 0 radical (unpaired) electrons. The Morgan fingerprint density at radius 1 is 1.18 bits per heavy atom. The van der Waals surface area contributed by atoms with Crippen molar-refractivity contribution in [1.82, 2.24) is 4.90 Å². The van der Waals surface area contributed by atoms with Gasteiger partial charge in [0.1, 0.15) is 0 Å². The molecule has 1 heterocycles. The SMILES string of the molecule is CC(C)[C@H](N)C(=O)N1CCCC1C1CCCC1. The summed E-state index contributed by atoms with van der Waals surface area (Å²) in [5.74, 6) is 1.18. The molecule has 1 saturated carbocycles. The highest BCUT2D eigenvalue weighted by Gasteiger charge is 2.37. The molecule has 3 heteroatoms. The van der Waals surface area contributed by atoms with Crippen LogP contribution in [-0.4, -0.2) is 29.4 Å². The van der Waals surface area contributed by atoms with E-state index in [0.717, 1.165) is 18.9 Å². The number of rotatable bonds is 3. The number of carbonyl (C=O) groups is 1. The monoisotopic (exact) mass is 238 g/mol. The van der Waals surface area contributed by atoms with E-state index in [0.29, 0.717) is 6.04 Å². The molecule has 0 bridgehead atoms. The molecule has 17 heavy (non-hydrogen) atoms. The van der Waals surface area contributed by atoms with Crippen molar-refractivity contribution in [2.75, 3.05) is 6.54 Å². The fraction of sp³-hybridized carbons (Fsp3) is 0.929. The third-order valence-electron chi connectivity index (χ3n) is 4.53. The Bertz CT molecular complexity index is 271. The zero-order valence-corrected chi connectivity index (χ0v) is 11.2. The van der Waals surface area contributed by atoms with E-state index in [4.69, 9.17) is 5.73 Å². The van der Waals surface area contributed by atoms with Gasteiger partial charge in [-0.05, 0) is 37.5 Å². The second-order valence-electron chi connectivity index (χ2n) is 6.06. The van der Waals surface area contributed by atoms with E-state index in [1.54, 1.807) is 0 Å². The van der Waals surface area contributed by atoms with Crippen LogP contribution in [0.2, 0.25) is 0 Å². The highest BCUT2D eigenvalue weighted by molar-refractivity contribution is 5.82. The van der Waals surface area contributed by atoms with Gasteiger partial charge in [0.25, 0.3) is 0 Å². The van der Waals surface area contributed by atoms with Crippen molar-refractivity contribution in [3.8, 4) is 0 Å². The van der Waals surface area contributed by atoms with Crippen molar-refractivity contribution in [2.45, 2.75) is 64.5 Å². The van der Waals surface area contributed by atoms with Gasteiger partial charge in [-0.25, -0.2) is 0 Å². The van der Waals surface area contributed by atoms with Crippen LogP contribution < -0.4 is 5.73 Å². The number of nitrogens with zero attached hydrogens (tertiary/aromatic N) is 1. The van der Waals surface area contributed by atoms with Crippen LogP contribution in [0.15, 0.2) is 0 Å². The zero-order valence-electron chi connectivity index (χ0n) is 11.2. The maximum atomic E-state index is 12.4. The predicted molar refractivity (Wildman–Crippen MR) is 69.5 cm³/mol. The summed E-state index contributed by atoms with van der Waals surface area (Å²) in [5.41, 5.74) is 6.01. The Labute approximate surface area is 105 Å². The number of hydrogen-bond donors (Lipinski definition) is 1. The van der Waals surface area contributed by atoms with Gasteiger partial charge in [-0.3, -0.25) is 4.79 Å². The van der Waals surface area contributed by atoms with Gasteiger partial charge in [-0.15, -0.1) is 0 Å². The van der Waals surface area contributed by atoms with Crippen molar-refractivity contribution >= 4 is 5.91 Å². The third-order valence-corrected chi connectivity index (χ3v) is 4.53. The second-order valence-corrected chi connectivity index (χ2v) is 6.06. The van der Waals surface area contributed by atoms with Gasteiger partial charge in [0.15, 0.2) is 0 Å². The Hall–Kier alpha value is -0.570. The number of amides is 1. The summed E-state index contributed by atoms with van der Waals surface area (Å²) in [5, 5.41) is 0. The molecule has 0 aromatic heterocycles. The van der Waals surface area contributed by atoms with Gasteiger partial charge in [0.2, 0.25) is 5.91 Å². The first-order valence-electron chi connectivity index (χ1n) is 7.17. The van der Waals surface area contributed by atoms with Crippen molar-refractivity contribution in [3.63, 3.8) is 0 Å². The lowest BCUT2D eigenvalue weighted by Gasteiger charge is -2.32. The number of nitrogens with two attached hydrogens (primary N) is 1. The Morgan fingerprint density at radius 2 is 1.82 bits per heavy atom. The number of carbonyl (C=O) groups excluding carboxylic acids is 1. The van der Waals surface area contributed by atoms with Crippen LogP contribution in [-0.2, 0) is 4.79 Å². The molecule has 3 nitrogen and oxygen atoms in total. The molecule has 2 N–H and O–H groups in total. The molecule has 2 aliphatic rings. The molecule has 0 spiro atoms. The topological polar surface area (TPSA) is 46.3 Å². The van der Waals surface area contributed by atoms with E-state index in [9.17, 15) is 4.79 Å². The minimum absolute atomic E-state index is 0.189. The molecular formula is C14H26N2O. The zero-order chi connectivity index (χ0) is 12.4. The highest BCUT2D eigenvalue weighted by atomic mass is 16.2. The van der Waals surface area contributed by atoms with Crippen LogP contribution in [0.5, 0.6) is 0 Å². The molecule has 1 amide bonds. The van der Waals surface area contributed by atoms with Gasteiger partial charge < -0.3 is 10.6 Å². The van der Waals surface area contributed by atoms with Gasteiger partial charge in [0.05, 0.1) is 6.04 Å². The first-order chi connectivity index (χ1) is 8.11. The second kappa shape index (κ2) is 5.38. The first kappa shape index (κ1) is 12.9. The van der Waals surface area contributed by atoms with E-state index >= 15 is 0 Å². The lowest BCUT2D eigenvalue weighted by atomic mass is 9.95. The van der Waals surface area contributed by atoms with E-state index in [1.165, 1.54) is 32.1 Å². The van der Waals surface area contributed by atoms with Crippen LogP contribution >= 0.6 is 0 Å². The lowest BCUT2D eigenvalue weighted by Crippen LogP contribution is -2.49. The van der Waals surface area contributed by atoms with Gasteiger partial charge >= 0.3 is 0 Å². The molecule has 98 valence electrons. The number of hydrogen-bond acceptors (Lipinski definition) is 2. The molecule has 1 aliphatic carbocycles. The molecular weight excluding hydrogens is 212 g/mol. The lowest BCUT2D eigenvalue weighted by molar-refractivity contribution is -0.135. The molecule has 0 aromatic rings. The average molecular weight is 238 g/mol. The van der Waals surface area contributed by atoms with Crippen molar-refractivity contribution in [1.29, 1.82) is 0 Å². The van der Waals surface area contributed by atoms with Crippen LogP contribution in [0.3, 0.4) is 0 Å². The normalized spacial score (nSPS) is 28.0. The standard InChI is InChI=1S/C14H26N2O/c1-10(2)13(15)14(17)16-9-5-8-12(16)11-6-3-4-7-11/h10-13H,3-9,15H2,1-2H3/t12?,13-/m0/s1. The van der Waals surface area contributed by atoms with E-state index in [2.05, 4.69) is 4.90 Å². The summed E-state index contributed by atoms with van der Waals surface area (Å²) >= 11 is 0. The smallest absolute Gasteiger partial charge is 0.240 e. The summed E-state index contributed by atoms with van der Waals surface area (Å²) < 4.78 is 0. The molecule has 2 fully saturated rings. The van der Waals surface area contributed by atoms with Gasteiger partial charge in [0, 0.05) is 12.6 Å². The molecule has 1 aliphatic heterocycles. The molecule has 2 atom stereocenters. The minimum Gasteiger partial charge on any atom is -0.338 e. The quantitative estimate of drug-likeness (QED) is 0.819. The maximum absolute atomic E-state index is 12.4. The summed E-state index contributed by atoms with van der Waals surface area (Å²) in [7, 11) is 0. The van der Waals surface area contributed by atoms with Crippen molar-refractivity contribution in [3.05, 3.63) is 0 Å². The van der Waals surface area contributed by atoms with Crippen LogP contribution in [0.1, 0.15) is 52.4 Å². The van der Waals surface area contributed by atoms with E-state index in [1.807, 2.05) is 13.8 Å². The summed E-state index contributed by atoms with van der Waals surface area (Å²) in [6.45, 7) is 4.99. The molecule has 1 unspecified atom stereocenters. The Morgan fingerprint density at radius 3 is 2.41 bits per heavy atom. The third kappa shape index (κ3) is 2.65. The summed E-state index contributed by atoms with van der Waals surface area (Å²) in [6, 6.07) is 0.187. The Balaban J connectivity index is 2.01. The van der Waals surface area contributed by atoms with Gasteiger partial charge in [-0.2, -0.15) is 0 Å².